The van der Waals surface area contributed by atoms with Crippen molar-refractivity contribution in [2.75, 3.05) is 5.32 Å². The van der Waals surface area contributed by atoms with E-state index < -0.39 is 27.8 Å². The Morgan fingerprint density at radius 2 is 1.87 bits per heavy atom. The predicted octanol–water partition coefficient (Wildman–Crippen LogP) is 0.898. The number of hydrogen-bond acceptors (Lipinski definition) is 5. The molecule has 1 amide bonds. The first-order valence-electron chi connectivity index (χ1n) is 6.24. The van der Waals surface area contributed by atoms with Crippen LogP contribution in [0.1, 0.15) is 10.4 Å². The Hall–Kier alpha value is -2.94. The van der Waals surface area contributed by atoms with Crippen molar-refractivity contribution in [1.29, 1.82) is 0 Å². The van der Waals surface area contributed by atoms with Gasteiger partial charge in [0.15, 0.2) is 0 Å². The second kappa shape index (κ2) is 6.05. The van der Waals surface area contributed by atoms with E-state index in [4.69, 9.17) is 11.6 Å². The number of benzene rings is 1. The average Bonchev–Trinajstić information content (AvgIpc) is 2.50. The van der Waals surface area contributed by atoms with Crippen molar-refractivity contribution in [2.45, 2.75) is 0 Å². The SMILES string of the molecule is Cn1c(NC(=O)c2cc(Cl)ccc2[N+](=O)[O-])cc(=O)n(C)c1=O. The van der Waals surface area contributed by atoms with Gasteiger partial charge in [0.25, 0.3) is 17.2 Å². The van der Waals surface area contributed by atoms with E-state index in [-0.39, 0.29) is 16.4 Å². The summed E-state index contributed by atoms with van der Waals surface area (Å²) in [6.07, 6.45) is 0. The Morgan fingerprint density at radius 3 is 2.48 bits per heavy atom. The van der Waals surface area contributed by atoms with Crippen LogP contribution in [0.25, 0.3) is 0 Å². The number of nitro benzene ring substituents is 1. The first-order chi connectivity index (χ1) is 10.7. The molecular weight excluding hydrogens is 328 g/mol. The van der Waals surface area contributed by atoms with Gasteiger partial charge in [-0.2, -0.15) is 0 Å². The Labute approximate surface area is 133 Å². The molecule has 0 fully saturated rings. The zero-order chi connectivity index (χ0) is 17.3. The van der Waals surface area contributed by atoms with Crippen molar-refractivity contribution >= 4 is 29.0 Å². The molecule has 0 saturated carbocycles. The van der Waals surface area contributed by atoms with Gasteiger partial charge in [-0.15, -0.1) is 0 Å². The molecule has 1 aromatic carbocycles. The quantitative estimate of drug-likeness (QED) is 0.659. The van der Waals surface area contributed by atoms with Crippen LogP contribution in [-0.4, -0.2) is 20.0 Å². The summed E-state index contributed by atoms with van der Waals surface area (Å²) in [7, 11) is 2.64. The minimum Gasteiger partial charge on any atom is -0.307 e. The number of anilines is 1. The lowest BCUT2D eigenvalue weighted by atomic mass is 10.1. The summed E-state index contributed by atoms with van der Waals surface area (Å²) in [6.45, 7) is 0. The van der Waals surface area contributed by atoms with Crippen molar-refractivity contribution < 1.29 is 9.72 Å². The summed E-state index contributed by atoms with van der Waals surface area (Å²) in [5.74, 6) is -0.945. The van der Waals surface area contributed by atoms with Gasteiger partial charge in [-0.05, 0) is 12.1 Å². The molecule has 120 valence electrons. The predicted molar refractivity (Wildman–Crippen MR) is 83.0 cm³/mol. The molecular formula is C13H11ClN4O5. The molecule has 0 aliphatic carbocycles. The molecule has 0 atom stereocenters. The van der Waals surface area contributed by atoms with E-state index in [0.29, 0.717) is 0 Å². The Bertz CT molecular complexity index is 931. The van der Waals surface area contributed by atoms with Crippen LogP contribution in [-0.2, 0) is 14.1 Å². The van der Waals surface area contributed by atoms with Crippen LogP contribution in [0.2, 0.25) is 5.02 Å². The molecule has 2 aromatic rings. The molecule has 0 aliphatic heterocycles. The fourth-order valence-corrected chi connectivity index (χ4v) is 2.06. The first kappa shape index (κ1) is 16.4. The summed E-state index contributed by atoms with van der Waals surface area (Å²) < 4.78 is 1.90. The van der Waals surface area contributed by atoms with Crippen LogP contribution >= 0.6 is 11.6 Å². The second-order valence-corrected chi connectivity index (χ2v) is 5.08. The summed E-state index contributed by atoms with van der Waals surface area (Å²) in [4.78, 5) is 45.9. The summed E-state index contributed by atoms with van der Waals surface area (Å²) in [5, 5.41) is 13.4. The number of carbonyl (C=O) groups is 1. The van der Waals surface area contributed by atoms with Gasteiger partial charge in [-0.1, -0.05) is 11.6 Å². The van der Waals surface area contributed by atoms with E-state index in [9.17, 15) is 24.5 Å². The Morgan fingerprint density at radius 1 is 1.22 bits per heavy atom. The molecule has 23 heavy (non-hydrogen) atoms. The number of hydrogen-bond donors (Lipinski definition) is 1. The van der Waals surface area contributed by atoms with E-state index in [1.807, 2.05) is 0 Å². The highest BCUT2D eigenvalue weighted by molar-refractivity contribution is 6.31. The van der Waals surface area contributed by atoms with E-state index in [1.54, 1.807) is 0 Å². The Kier molecular flexibility index (Phi) is 4.32. The largest absolute Gasteiger partial charge is 0.332 e. The highest BCUT2D eigenvalue weighted by atomic mass is 35.5. The number of aromatic nitrogens is 2. The van der Waals surface area contributed by atoms with Gasteiger partial charge in [0.2, 0.25) is 0 Å². The van der Waals surface area contributed by atoms with Gasteiger partial charge in [0, 0.05) is 31.3 Å². The van der Waals surface area contributed by atoms with E-state index >= 15 is 0 Å². The number of amides is 1. The smallest absolute Gasteiger partial charge is 0.307 e. The lowest BCUT2D eigenvalue weighted by Crippen LogP contribution is -2.38. The monoisotopic (exact) mass is 338 g/mol. The number of carbonyl (C=O) groups excluding carboxylic acids is 1. The summed E-state index contributed by atoms with van der Waals surface area (Å²) in [6, 6.07) is 4.55. The van der Waals surface area contributed by atoms with Crippen molar-refractivity contribution in [3.63, 3.8) is 0 Å². The normalized spacial score (nSPS) is 10.4. The third kappa shape index (κ3) is 3.14. The van der Waals surface area contributed by atoms with Gasteiger partial charge in [0.05, 0.1) is 4.92 Å². The van der Waals surface area contributed by atoms with Crippen molar-refractivity contribution in [2.24, 2.45) is 14.1 Å². The molecule has 0 bridgehead atoms. The molecule has 1 N–H and O–H groups in total. The molecule has 9 nitrogen and oxygen atoms in total. The van der Waals surface area contributed by atoms with Crippen LogP contribution in [0.3, 0.4) is 0 Å². The van der Waals surface area contributed by atoms with Gasteiger partial charge < -0.3 is 5.32 Å². The van der Waals surface area contributed by atoms with Gasteiger partial charge in [-0.25, -0.2) is 4.79 Å². The third-order valence-corrected chi connectivity index (χ3v) is 3.40. The highest BCUT2D eigenvalue weighted by Crippen LogP contribution is 2.23. The van der Waals surface area contributed by atoms with Crippen LogP contribution in [0.15, 0.2) is 33.9 Å². The zero-order valence-electron chi connectivity index (χ0n) is 12.1. The van der Waals surface area contributed by atoms with Crippen LogP contribution in [0.5, 0.6) is 0 Å². The molecule has 10 heteroatoms. The average molecular weight is 339 g/mol. The number of nitrogens with zero attached hydrogens (tertiary/aromatic N) is 3. The molecule has 2 rings (SSSR count). The number of rotatable bonds is 3. The fourth-order valence-electron chi connectivity index (χ4n) is 1.89. The first-order valence-corrected chi connectivity index (χ1v) is 6.62. The number of nitrogens with one attached hydrogen (secondary N) is 1. The van der Waals surface area contributed by atoms with E-state index in [2.05, 4.69) is 5.32 Å². The number of nitro groups is 1. The van der Waals surface area contributed by atoms with Gasteiger partial charge in [0.1, 0.15) is 11.4 Å². The molecule has 1 aromatic heterocycles. The summed E-state index contributed by atoms with van der Waals surface area (Å²) >= 11 is 5.76. The second-order valence-electron chi connectivity index (χ2n) is 4.64. The Balaban J connectivity index is 2.49. The lowest BCUT2D eigenvalue weighted by Gasteiger charge is -2.11. The topological polar surface area (TPSA) is 116 Å². The maximum absolute atomic E-state index is 12.3. The highest BCUT2D eigenvalue weighted by Gasteiger charge is 2.21. The van der Waals surface area contributed by atoms with E-state index in [1.165, 1.54) is 20.2 Å². The van der Waals surface area contributed by atoms with Crippen molar-refractivity contribution in [1.82, 2.24) is 9.13 Å². The van der Waals surface area contributed by atoms with Gasteiger partial charge in [-0.3, -0.25) is 28.8 Å². The molecule has 0 spiro atoms. The zero-order valence-corrected chi connectivity index (χ0v) is 12.8. The maximum Gasteiger partial charge on any atom is 0.332 e. The van der Waals surface area contributed by atoms with Crippen molar-refractivity contribution in [3.05, 3.63) is 65.8 Å². The fraction of sp³-hybridized carbons (Fsp3) is 0.154. The molecule has 1 heterocycles. The minimum atomic E-state index is -0.859. The minimum absolute atomic E-state index is 0.0858. The van der Waals surface area contributed by atoms with Crippen molar-refractivity contribution in [3.8, 4) is 0 Å². The lowest BCUT2D eigenvalue weighted by molar-refractivity contribution is -0.385. The third-order valence-electron chi connectivity index (χ3n) is 3.17. The molecule has 0 saturated heterocycles. The van der Waals surface area contributed by atoms with Gasteiger partial charge >= 0.3 is 5.69 Å². The van der Waals surface area contributed by atoms with Crippen LogP contribution in [0.4, 0.5) is 11.5 Å². The van der Waals surface area contributed by atoms with Crippen LogP contribution in [0, 0.1) is 10.1 Å². The molecule has 0 aliphatic rings. The molecule has 0 unspecified atom stereocenters. The molecule has 0 radical (unpaired) electrons. The van der Waals surface area contributed by atoms with Crippen LogP contribution < -0.4 is 16.6 Å². The van der Waals surface area contributed by atoms with E-state index in [0.717, 1.165) is 27.3 Å². The standard InChI is InChI=1S/C13H11ClN4O5/c1-16-10(6-11(19)17(2)13(16)21)15-12(20)8-5-7(14)3-4-9(8)18(22)23/h3-6H,1-2H3,(H,15,20). The maximum atomic E-state index is 12.3. The number of halogens is 1. The summed E-state index contributed by atoms with van der Waals surface area (Å²) in [5.41, 5.74) is -1.99.